The molecule has 2 N–H and O–H groups in total. The van der Waals surface area contributed by atoms with Crippen molar-refractivity contribution < 1.29 is 28.2 Å². The average Bonchev–Trinajstić information content (AvgIpc) is 2.42. The van der Waals surface area contributed by atoms with Crippen LogP contribution in [0.25, 0.3) is 0 Å². The summed E-state index contributed by atoms with van der Waals surface area (Å²) in [4.78, 5) is 9.66. The average molecular weight is 373 g/mol. The molecule has 140 valence electrons. The highest BCUT2D eigenvalue weighted by Crippen LogP contribution is 2.44. The Balaban J connectivity index is 3.23. The van der Waals surface area contributed by atoms with E-state index in [1.54, 1.807) is 13.8 Å². The van der Waals surface area contributed by atoms with E-state index in [2.05, 4.69) is 19.2 Å². The quantitative estimate of drug-likeness (QED) is 0.313. The minimum atomic E-state index is -3.13. The molecule has 7 nitrogen and oxygen atoms in total. The molecule has 0 rings (SSSR count). The number of hydrogen-bond donors (Lipinski definition) is 2. The molecule has 1 unspecified atom stereocenters. The van der Waals surface area contributed by atoms with Crippen molar-refractivity contribution in [3.05, 3.63) is 0 Å². The van der Waals surface area contributed by atoms with Crippen LogP contribution in [0.2, 0.25) is 0 Å². The van der Waals surface area contributed by atoms with Gasteiger partial charge >= 0.3 is 6.72 Å². The normalized spacial score (nSPS) is 14.6. The van der Waals surface area contributed by atoms with E-state index in [-0.39, 0.29) is 12.7 Å². The number of ether oxygens (including phenoxy) is 3. The fraction of sp³-hybridized carbons (Fsp3) is 1.00. The number of rotatable bonds is 16. The summed E-state index contributed by atoms with van der Waals surface area (Å²) in [6.45, 7) is 8.77. The summed E-state index contributed by atoms with van der Waals surface area (Å²) in [5.74, 6) is 0. The van der Waals surface area contributed by atoms with Crippen LogP contribution >= 0.6 is 6.72 Å². The van der Waals surface area contributed by atoms with Gasteiger partial charge in [-0.25, -0.2) is 0 Å². The molecule has 23 heavy (non-hydrogen) atoms. The van der Waals surface area contributed by atoms with E-state index in [1.165, 1.54) is 0 Å². The van der Waals surface area contributed by atoms with Crippen molar-refractivity contribution in [2.75, 3.05) is 52.8 Å². The maximum absolute atomic E-state index is 9.66. The van der Waals surface area contributed by atoms with Gasteiger partial charge in [0, 0.05) is 12.6 Å². The van der Waals surface area contributed by atoms with Crippen molar-refractivity contribution in [1.29, 1.82) is 0 Å². The fourth-order valence-corrected chi connectivity index (χ4v) is 3.11. The molecule has 0 saturated carbocycles. The van der Waals surface area contributed by atoms with Gasteiger partial charge in [-0.15, -0.1) is 0 Å². The summed E-state index contributed by atoms with van der Waals surface area (Å²) >= 11 is 4.84. The summed E-state index contributed by atoms with van der Waals surface area (Å²) in [7, 11) is 0. The third kappa shape index (κ3) is 18.5. The first-order chi connectivity index (χ1) is 10.8. The zero-order valence-corrected chi connectivity index (χ0v) is 16.4. The van der Waals surface area contributed by atoms with Gasteiger partial charge < -0.3 is 33.5 Å². The molecule has 0 aliphatic heterocycles. The van der Waals surface area contributed by atoms with Crippen molar-refractivity contribution in [2.24, 2.45) is 0 Å². The Bertz CT molecular complexity index is 320. The van der Waals surface area contributed by atoms with Crippen LogP contribution in [0, 0.1) is 0 Å². The van der Waals surface area contributed by atoms with Crippen molar-refractivity contribution in [3.63, 3.8) is 0 Å². The molecule has 0 bridgehead atoms. The maximum Gasteiger partial charge on any atom is 0.324 e. The molecule has 1 atom stereocenters. The van der Waals surface area contributed by atoms with Gasteiger partial charge in [0.05, 0.1) is 52.4 Å². The highest BCUT2D eigenvalue weighted by molar-refractivity contribution is 8.07. The molecule has 0 radical (unpaired) electrons. The van der Waals surface area contributed by atoms with Crippen molar-refractivity contribution in [1.82, 2.24) is 5.32 Å². The Hall–Kier alpha value is 0.370. The summed E-state index contributed by atoms with van der Waals surface area (Å²) < 4.78 is 26.3. The Morgan fingerprint density at radius 2 is 1.35 bits per heavy atom. The van der Waals surface area contributed by atoms with E-state index >= 15 is 0 Å². The molecule has 0 aromatic carbocycles. The van der Waals surface area contributed by atoms with Crippen LogP contribution in [-0.2, 0) is 35.1 Å². The molecule has 0 amide bonds. The van der Waals surface area contributed by atoms with Crippen LogP contribution in [0.4, 0.5) is 0 Å². The molecule has 0 fully saturated rings. The molecule has 0 heterocycles. The van der Waals surface area contributed by atoms with Gasteiger partial charge in [-0.2, -0.15) is 0 Å². The molecule has 0 spiro atoms. The first-order valence-electron chi connectivity index (χ1n) is 7.96. The topological polar surface area (TPSA) is 78.4 Å². The predicted octanol–water partition coefficient (Wildman–Crippen LogP) is 1.69. The van der Waals surface area contributed by atoms with Crippen LogP contribution in [-0.4, -0.2) is 69.8 Å². The Morgan fingerprint density at radius 3 is 1.83 bits per heavy atom. The molecule has 0 aliphatic carbocycles. The first-order valence-corrected chi connectivity index (χ1v) is 10.5. The van der Waals surface area contributed by atoms with Gasteiger partial charge in [-0.1, -0.05) is 13.8 Å². The Labute approximate surface area is 145 Å². The standard InChI is InChI=1S/C14H32NO6PS/c1-13(2)15-5-6-17-7-8-18-9-10-19-11-12-20-22(16,23)21-14(3)4/h13-15H,5-12H2,1-4H3,(H,16,23). The van der Waals surface area contributed by atoms with Crippen LogP contribution in [0.15, 0.2) is 0 Å². The number of hydrogen-bond acceptors (Lipinski definition) is 7. The van der Waals surface area contributed by atoms with Crippen molar-refractivity contribution >= 4 is 18.5 Å². The second-order valence-corrected chi connectivity index (χ2v) is 8.19. The van der Waals surface area contributed by atoms with E-state index in [0.717, 1.165) is 6.54 Å². The molecular formula is C14H32NO6PS. The van der Waals surface area contributed by atoms with E-state index < -0.39 is 6.72 Å². The van der Waals surface area contributed by atoms with Crippen LogP contribution in [0.1, 0.15) is 27.7 Å². The lowest BCUT2D eigenvalue weighted by Gasteiger charge is -2.17. The minimum Gasteiger partial charge on any atom is -0.378 e. The second kappa shape index (κ2) is 14.7. The van der Waals surface area contributed by atoms with Crippen molar-refractivity contribution in [3.8, 4) is 0 Å². The lowest BCUT2D eigenvalue weighted by molar-refractivity contribution is 0.00809. The summed E-state index contributed by atoms with van der Waals surface area (Å²) in [5, 5.41) is 3.27. The smallest absolute Gasteiger partial charge is 0.324 e. The van der Waals surface area contributed by atoms with Gasteiger partial charge in [0.25, 0.3) is 0 Å². The van der Waals surface area contributed by atoms with E-state index in [0.29, 0.717) is 45.7 Å². The van der Waals surface area contributed by atoms with Gasteiger partial charge in [0.15, 0.2) is 0 Å². The predicted molar refractivity (Wildman–Crippen MR) is 94.3 cm³/mol. The molecule has 0 aromatic heterocycles. The third-order valence-corrected chi connectivity index (χ3v) is 4.14. The molecular weight excluding hydrogens is 341 g/mol. The van der Waals surface area contributed by atoms with E-state index in [4.69, 9.17) is 35.1 Å². The summed E-state index contributed by atoms with van der Waals surface area (Å²) in [6, 6.07) is 0.478. The van der Waals surface area contributed by atoms with E-state index in [1.807, 2.05) is 0 Å². The van der Waals surface area contributed by atoms with Gasteiger partial charge in [0.1, 0.15) is 0 Å². The molecule has 0 saturated heterocycles. The van der Waals surface area contributed by atoms with Gasteiger partial charge in [0.2, 0.25) is 0 Å². The van der Waals surface area contributed by atoms with Crippen LogP contribution in [0.5, 0.6) is 0 Å². The zero-order valence-electron chi connectivity index (χ0n) is 14.7. The number of nitrogens with one attached hydrogen (secondary N) is 1. The SMILES string of the molecule is CC(C)NCCOCCOCCOCCOP(O)(=S)OC(C)C. The molecule has 0 aromatic rings. The van der Waals surface area contributed by atoms with Crippen molar-refractivity contribution in [2.45, 2.75) is 39.8 Å². The first kappa shape index (κ1) is 23.4. The highest BCUT2D eigenvalue weighted by Gasteiger charge is 2.16. The summed E-state index contributed by atoms with van der Waals surface area (Å²) in [6.07, 6.45) is -0.163. The minimum absolute atomic E-state index is 0.163. The Kier molecular flexibility index (Phi) is 14.9. The molecule has 0 aliphatic rings. The van der Waals surface area contributed by atoms with Crippen LogP contribution in [0.3, 0.4) is 0 Å². The largest absolute Gasteiger partial charge is 0.378 e. The third-order valence-electron chi connectivity index (χ3n) is 2.37. The monoisotopic (exact) mass is 373 g/mol. The van der Waals surface area contributed by atoms with E-state index in [9.17, 15) is 4.89 Å². The highest BCUT2D eigenvalue weighted by atomic mass is 32.5. The van der Waals surface area contributed by atoms with Gasteiger partial charge in [-0.05, 0) is 25.7 Å². The second-order valence-electron chi connectivity index (χ2n) is 5.40. The molecule has 9 heteroatoms. The van der Waals surface area contributed by atoms with Crippen LogP contribution < -0.4 is 5.32 Å². The Morgan fingerprint density at radius 1 is 0.870 bits per heavy atom. The lowest BCUT2D eigenvalue weighted by Crippen LogP contribution is -2.27. The van der Waals surface area contributed by atoms with Gasteiger partial charge in [-0.3, -0.25) is 0 Å². The summed E-state index contributed by atoms with van der Waals surface area (Å²) in [5.41, 5.74) is 0. The zero-order chi connectivity index (χ0) is 17.6. The lowest BCUT2D eigenvalue weighted by atomic mass is 10.4. The maximum atomic E-state index is 9.66. The fourth-order valence-electron chi connectivity index (χ4n) is 1.47.